The van der Waals surface area contributed by atoms with Crippen molar-refractivity contribution in [3.63, 3.8) is 0 Å². The SMILES string of the molecule is O=C(O)N(S)S.[BaH2]. The third-order valence-corrected chi connectivity index (χ3v) is 0.513. The van der Waals surface area contributed by atoms with E-state index in [0.717, 1.165) is 0 Å². The van der Waals surface area contributed by atoms with Crippen molar-refractivity contribution in [3.05, 3.63) is 0 Å². The van der Waals surface area contributed by atoms with Crippen LogP contribution in [0, 0.1) is 0 Å². The average Bonchev–Trinajstić information content (AvgIpc) is 1.36. The maximum atomic E-state index is 9.47. The van der Waals surface area contributed by atoms with E-state index in [2.05, 4.69) is 25.6 Å². The second-order valence-electron chi connectivity index (χ2n) is 0.572. The van der Waals surface area contributed by atoms with Crippen molar-refractivity contribution in [3.8, 4) is 0 Å². The first-order valence-electron chi connectivity index (χ1n) is 1.05. The number of carbonyl (C=O) groups is 1. The van der Waals surface area contributed by atoms with Gasteiger partial charge in [-0.15, -0.1) is 0 Å². The molecular formula is CH5BaNO2S2. The summed E-state index contributed by atoms with van der Waals surface area (Å²) in [5, 5.41) is 7.76. The second-order valence-corrected chi connectivity index (χ2v) is 1.69. The fraction of sp³-hybridized carbons (Fsp3) is 0. The van der Waals surface area contributed by atoms with Gasteiger partial charge in [-0.2, -0.15) is 3.71 Å². The molecule has 0 saturated carbocycles. The van der Waals surface area contributed by atoms with Gasteiger partial charge in [-0.1, -0.05) is 0 Å². The van der Waals surface area contributed by atoms with Gasteiger partial charge in [-0.3, -0.25) is 0 Å². The monoisotopic (exact) mass is 265 g/mol. The zero-order valence-corrected chi connectivity index (χ0v) is 4.49. The second kappa shape index (κ2) is 5.67. The molecule has 0 aliphatic heterocycles. The van der Waals surface area contributed by atoms with Gasteiger partial charge in [0.15, 0.2) is 0 Å². The van der Waals surface area contributed by atoms with Gasteiger partial charge in [0, 0.05) is 0 Å². The fourth-order valence-electron chi connectivity index (χ4n) is 0. The third kappa shape index (κ3) is 7.54. The predicted octanol–water partition coefficient (Wildman–Crippen LogP) is -0.260. The molecule has 0 aliphatic rings. The van der Waals surface area contributed by atoms with Crippen LogP contribution in [0.3, 0.4) is 0 Å². The Balaban J connectivity index is 0. The van der Waals surface area contributed by atoms with E-state index in [4.69, 9.17) is 5.11 Å². The van der Waals surface area contributed by atoms with E-state index in [1.807, 2.05) is 0 Å². The van der Waals surface area contributed by atoms with Crippen LogP contribution in [0.4, 0.5) is 4.79 Å². The quantitative estimate of drug-likeness (QED) is 0.417. The average molecular weight is 265 g/mol. The Kier molecular flexibility index (Phi) is 9.20. The number of carboxylic acid groups (broad SMARTS) is 1. The summed E-state index contributed by atoms with van der Waals surface area (Å²) >= 11 is 6.58. The molecule has 1 amide bonds. The summed E-state index contributed by atoms with van der Waals surface area (Å²) < 4.78 is 0.472. The van der Waals surface area contributed by atoms with E-state index in [1.165, 1.54) is 0 Å². The molecule has 3 nitrogen and oxygen atoms in total. The first-order valence-corrected chi connectivity index (χ1v) is 1.85. The molecule has 0 bridgehead atoms. The Labute approximate surface area is 92.6 Å². The van der Waals surface area contributed by atoms with E-state index in [9.17, 15) is 4.79 Å². The zero-order valence-electron chi connectivity index (χ0n) is 2.70. The van der Waals surface area contributed by atoms with Crippen LogP contribution in [0.5, 0.6) is 0 Å². The van der Waals surface area contributed by atoms with Gasteiger partial charge in [0.05, 0.1) is 0 Å². The topological polar surface area (TPSA) is 40.5 Å². The van der Waals surface area contributed by atoms with Crippen LogP contribution in [0.25, 0.3) is 0 Å². The van der Waals surface area contributed by atoms with E-state index in [0.29, 0.717) is 3.71 Å². The summed E-state index contributed by atoms with van der Waals surface area (Å²) in [4.78, 5) is 9.47. The molecule has 0 radical (unpaired) electrons. The van der Waals surface area contributed by atoms with Crippen LogP contribution in [0.15, 0.2) is 0 Å². The first kappa shape index (κ1) is 11.4. The molecular weight excluding hydrogens is 259 g/mol. The molecule has 6 heteroatoms. The Morgan fingerprint density at radius 2 is 1.71 bits per heavy atom. The molecule has 0 unspecified atom stereocenters. The maximum absolute atomic E-state index is 9.47. The summed E-state index contributed by atoms with van der Waals surface area (Å²) in [6, 6.07) is 0. The van der Waals surface area contributed by atoms with Gasteiger partial charge < -0.3 is 5.11 Å². The van der Waals surface area contributed by atoms with Crippen LogP contribution in [0.2, 0.25) is 0 Å². The fourth-order valence-corrected chi connectivity index (χ4v) is 0. The van der Waals surface area contributed by atoms with Crippen molar-refractivity contribution in [1.82, 2.24) is 3.71 Å². The summed E-state index contributed by atoms with van der Waals surface area (Å²) in [5.41, 5.74) is 0. The van der Waals surface area contributed by atoms with Crippen LogP contribution >= 0.6 is 25.6 Å². The molecule has 40 valence electrons. The Morgan fingerprint density at radius 1 is 1.57 bits per heavy atom. The van der Waals surface area contributed by atoms with Crippen molar-refractivity contribution in [2.45, 2.75) is 0 Å². The van der Waals surface area contributed by atoms with Crippen LogP contribution in [-0.2, 0) is 0 Å². The minimum atomic E-state index is -1.18. The molecule has 0 atom stereocenters. The molecule has 0 saturated heterocycles. The normalized spacial score (nSPS) is 6.57. The van der Waals surface area contributed by atoms with Gasteiger partial charge in [0.25, 0.3) is 0 Å². The van der Waals surface area contributed by atoms with Gasteiger partial charge in [0.2, 0.25) is 0 Å². The molecule has 0 fully saturated rings. The standard InChI is InChI=1S/CH3NO2S2.Ba.2H/c3-1(4)2(5)6;;;/h5-6H,(H,3,4);;;. The summed E-state index contributed by atoms with van der Waals surface area (Å²) in [6.45, 7) is 0. The number of thiol groups is 2. The van der Waals surface area contributed by atoms with Crippen LogP contribution in [-0.4, -0.2) is 63.8 Å². The zero-order chi connectivity index (χ0) is 5.15. The molecule has 0 spiro atoms. The molecule has 0 heterocycles. The molecule has 0 aromatic rings. The number of nitrogens with zero attached hydrogens (tertiary/aromatic N) is 1. The molecule has 0 aromatic heterocycles. The summed E-state index contributed by atoms with van der Waals surface area (Å²) in [6.07, 6.45) is -1.18. The Morgan fingerprint density at radius 3 is 1.71 bits per heavy atom. The van der Waals surface area contributed by atoms with Crippen molar-refractivity contribution in [1.29, 1.82) is 0 Å². The van der Waals surface area contributed by atoms with E-state index in [1.54, 1.807) is 0 Å². The summed E-state index contributed by atoms with van der Waals surface area (Å²) in [5.74, 6) is 0. The van der Waals surface area contributed by atoms with Crippen LogP contribution < -0.4 is 0 Å². The molecule has 0 rings (SSSR count). The van der Waals surface area contributed by atoms with Gasteiger partial charge in [0.1, 0.15) is 0 Å². The van der Waals surface area contributed by atoms with Gasteiger partial charge >= 0.3 is 55.0 Å². The van der Waals surface area contributed by atoms with Gasteiger partial charge in [-0.05, 0) is 25.6 Å². The van der Waals surface area contributed by atoms with Crippen molar-refractivity contribution in [2.75, 3.05) is 0 Å². The van der Waals surface area contributed by atoms with E-state index < -0.39 is 6.09 Å². The van der Waals surface area contributed by atoms with E-state index in [-0.39, 0.29) is 48.9 Å². The predicted molar refractivity (Wildman–Crippen MR) is 36.4 cm³/mol. The Hall–Kier alpha value is 1.54. The minimum absolute atomic E-state index is 0. The van der Waals surface area contributed by atoms with E-state index >= 15 is 0 Å². The molecule has 0 aromatic carbocycles. The number of hydrogen-bond acceptors (Lipinski definition) is 3. The van der Waals surface area contributed by atoms with Crippen molar-refractivity contribution < 1.29 is 9.90 Å². The van der Waals surface area contributed by atoms with Gasteiger partial charge in [-0.25, -0.2) is 4.79 Å². The summed E-state index contributed by atoms with van der Waals surface area (Å²) in [7, 11) is 0. The van der Waals surface area contributed by atoms with Crippen molar-refractivity contribution >= 4 is 80.6 Å². The first-order chi connectivity index (χ1) is 2.64. The number of amides is 1. The number of rotatable bonds is 0. The molecule has 7 heavy (non-hydrogen) atoms. The van der Waals surface area contributed by atoms with Crippen LogP contribution in [0.1, 0.15) is 0 Å². The third-order valence-electron chi connectivity index (χ3n) is 0.171. The molecule has 1 N–H and O–H groups in total. The Bertz CT molecular complexity index is 66.7. The van der Waals surface area contributed by atoms with Crippen molar-refractivity contribution in [2.24, 2.45) is 0 Å². The number of hydrogen-bond donors (Lipinski definition) is 3. The molecule has 0 aliphatic carbocycles.